The van der Waals surface area contributed by atoms with Gasteiger partial charge in [0.1, 0.15) is 18.2 Å². The van der Waals surface area contributed by atoms with E-state index in [0.29, 0.717) is 29.7 Å². The van der Waals surface area contributed by atoms with E-state index < -0.39 is 39.4 Å². The smallest absolute Gasteiger partial charge is 0.410 e. The minimum absolute atomic E-state index is 0.0106. The quantitative estimate of drug-likeness (QED) is 0.305. The maximum atomic E-state index is 13.6. The number of ether oxygens (including phenoxy) is 2. The lowest BCUT2D eigenvalue weighted by Crippen LogP contribution is -2.44. The van der Waals surface area contributed by atoms with Crippen molar-refractivity contribution in [3.63, 3.8) is 0 Å². The van der Waals surface area contributed by atoms with Gasteiger partial charge in [-0.3, -0.25) is 4.79 Å². The summed E-state index contributed by atoms with van der Waals surface area (Å²) in [6.07, 6.45) is 0.945. The van der Waals surface area contributed by atoms with Crippen LogP contribution < -0.4 is 5.32 Å². The van der Waals surface area contributed by atoms with E-state index in [9.17, 15) is 22.8 Å². The van der Waals surface area contributed by atoms with E-state index >= 15 is 0 Å². The van der Waals surface area contributed by atoms with Gasteiger partial charge in [0.25, 0.3) is 5.91 Å². The van der Waals surface area contributed by atoms with Crippen LogP contribution in [0, 0.1) is 0 Å². The summed E-state index contributed by atoms with van der Waals surface area (Å²) in [5.74, 6) is -1.41. The monoisotopic (exact) mass is 660 g/mol. The van der Waals surface area contributed by atoms with Gasteiger partial charge < -0.3 is 19.7 Å². The molecule has 0 aromatic heterocycles. The number of halogens is 2. The van der Waals surface area contributed by atoms with E-state index in [1.165, 1.54) is 12.1 Å². The zero-order valence-corrected chi connectivity index (χ0v) is 27.2. The van der Waals surface area contributed by atoms with E-state index in [2.05, 4.69) is 5.32 Å². The summed E-state index contributed by atoms with van der Waals surface area (Å²) in [6, 6.07) is 15.6. The summed E-state index contributed by atoms with van der Waals surface area (Å²) in [5, 5.41) is 2.88. The Morgan fingerprint density at radius 2 is 1.68 bits per heavy atom. The van der Waals surface area contributed by atoms with Gasteiger partial charge in [0.15, 0.2) is 9.84 Å². The molecule has 9 nitrogen and oxygen atoms in total. The van der Waals surface area contributed by atoms with Crippen molar-refractivity contribution in [3.8, 4) is 0 Å². The average molecular weight is 662 g/mol. The van der Waals surface area contributed by atoms with Crippen LogP contribution in [0.2, 0.25) is 10.0 Å². The van der Waals surface area contributed by atoms with Crippen molar-refractivity contribution in [2.45, 2.75) is 63.3 Å². The molecule has 234 valence electrons. The lowest BCUT2D eigenvalue weighted by Gasteiger charge is -2.32. The molecule has 1 aliphatic heterocycles. The van der Waals surface area contributed by atoms with Crippen molar-refractivity contribution in [1.82, 2.24) is 10.2 Å². The van der Waals surface area contributed by atoms with Crippen molar-refractivity contribution < 1.29 is 32.3 Å². The Labute approximate surface area is 267 Å². The highest BCUT2D eigenvalue weighted by atomic mass is 35.5. The summed E-state index contributed by atoms with van der Waals surface area (Å²) >= 11 is 13.3. The van der Waals surface area contributed by atoms with Crippen molar-refractivity contribution >= 4 is 51.0 Å². The Hall–Kier alpha value is -3.60. The van der Waals surface area contributed by atoms with Crippen LogP contribution in [0.4, 0.5) is 4.79 Å². The molecule has 0 aliphatic carbocycles. The Morgan fingerprint density at radius 3 is 2.34 bits per heavy atom. The van der Waals surface area contributed by atoms with Gasteiger partial charge in [-0.05, 0) is 67.6 Å². The molecule has 0 spiro atoms. The fourth-order valence-electron chi connectivity index (χ4n) is 4.73. The van der Waals surface area contributed by atoms with Crippen LogP contribution >= 0.6 is 23.2 Å². The second-order valence-electron chi connectivity index (χ2n) is 11.6. The summed E-state index contributed by atoms with van der Waals surface area (Å²) in [7, 11) is -3.50. The van der Waals surface area contributed by atoms with Gasteiger partial charge in [0, 0.05) is 25.8 Å². The number of hydrogen-bond acceptors (Lipinski definition) is 7. The molecule has 44 heavy (non-hydrogen) atoms. The van der Waals surface area contributed by atoms with Gasteiger partial charge in [-0.2, -0.15) is 0 Å². The maximum absolute atomic E-state index is 13.6. The molecule has 12 heteroatoms. The minimum atomic E-state index is -3.50. The fraction of sp³-hybridized carbons (Fsp3) is 0.344. The number of carbonyl (C=O) groups excluding carboxylic acids is 3. The molecular weight excluding hydrogens is 627 g/mol. The van der Waals surface area contributed by atoms with E-state index in [1.807, 2.05) is 18.2 Å². The van der Waals surface area contributed by atoms with Gasteiger partial charge in [-0.1, -0.05) is 65.7 Å². The Bertz CT molecular complexity index is 1670. The van der Waals surface area contributed by atoms with E-state index in [0.717, 1.165) is 11.8 Å². The van der Waals surface area contributed by atoms with E-state index in [-0.39, 0.29) is 40.1 Å². The number of nitrogens with zero attached hydrogens (tertiary/aromatic N) is 1. The first-order valence-electron chi connectivity index (χ1n) is 13.9. The number of rotatable bonds is 8. The lowest BCUT2D eigenvalue weighted by molar-refractivity contribution is -0.147. The molecule has 0 bridgehead atoms. The summed E-state index contributed by atoms with van der Waals surface area (Å²) < 4.78 is 35.2. The number of fused-ring (bicyclic) bond motifs is 1. The van der Waals surface area contributed by atoms with Gasteiger partial charge in [-0.15, -0.1) is 0 Å². The molecule has 0 radical (unpaired) electrons. The predicted molar refractivity (Wildman–Crippen MR) is 168 cm³/mol. The second-order valence-corrected chi connectivity index (χ2v) is 14.4. The lowest BCUT2D eigenvalue weighted by atomic mass is 9.96. The molecule has 2 amide bonds. The third-order valence-electron chi connectivity index (χ3n) is 6.86. The number of hydrogen-bond donors (Lipinski definition) is 1. The minimum Gasteiger partial charge on any atom is -0.459 e. The molecular formula is C32H34Cl2N2O7S. The molecule has 3 aromatic rings. The van der Waals surface area contributed by atoms with Crippen molar-refractivity contribution in [2.24, 2.45) is 0 Å². The fourth-order valence-corrected chi connectivity index (χ4v) is 6.19. The average Bonchev–Trinajstić information content (AvgIpc) is 2.94. The van der Waals surface area contributed by atoms with Crippen LogP contribution in [0.15, 0.2) is 65.6 Å². The van der Waals surface area contributed by atoms with Crippen molar-refractivity contribution in [2.75, 3.05) is 12.8 Å². The first-order chi connectivity index (χ1) is 20.6. The largest absolute Gasteiger partial charge is 0.459 e. The van der Waals surface area contributed by atoms with Crippen LogP contribution in [0.3, 0.4) is 0 Å². The predicted octanol–water partition coefficient (Wildman–Crippen LogP) is 5.77. The zero-order valence-electron chi connectivity index (χ0n) is 24.9. The van der Waals surface area contributed by atoms with Crippen LogP contribution in [-0.2, 0) is 50.1 Å². The molecule has 4 rings (SSSR count). The highest BCUT2D eigenvalue weighted by Gasteiger charge is 2.31. The van der Waals surface area contributed by atoms with E-state index in [4.69, 9.17) is 32.7 Å². The first kappa shape index (κ1) is 33.3. The molecule has 1 atom stereocenters. The summed E-state index contributed by atoms with van der Waals surface area (Å²) in [4.78, 5) is 41.2. The Balaban J connectivity index is 1.58. The molecule has 1 heterocycles. The zero-order chi connectivity index (χ0) is 32.2. The molecule has 1 N–H and O–H groups in total. The number of nitrogens with one attached hydrogen (secondary N) is 1. The molecule has 0 saturated heterocycles. The highest BCUT2D eigenvalue weighted by Crippen LogP contribution is 2.35. The topological polar surface area (TPSA) is 119 Å². The number of carbonyl (C=O) groups is 3. The van der Waals surface area contributed by atoms with Crippen LogP contribution in [0.25, 0.3) is 0 Å². The Morgan fingerprint density at radius 1 is 1.00 bits per heavy atom. The molecule has 3 aromatic carbocycles. The normalized spacial score (nSPS) is 13.9. The number of amides is 2. The molecule has 0 saturated carbocycles. The van der Waals surface area contributed by atoms with Crippen molar-refractivity contribution in [3.05, 3.63) is 98.5 Å². The van der Waals surface area contributed by atoms with Gasteiger partial charge in [-0.25, -0.2) is 18.0 Å². The first-order valence-corrected chi connectivity index (χ1v) is 16.5. The van der Waals surface area contributed by atoms with Crippen LogP contribution in [0.5, 0.6) is 0 Å². The third-order valence-corrected chi connectivity index (χ3v) is 8.69. The molecule has 0 unspecified atom stereocenters. The third kappa shape index (κ3) is 8.52. The number of benzene rings is 3. The standard InChI is InChI=1S/C32H34Cl2N2O7S/c1-32(2,3)43-31(39)36-14-13-24-22(18-36)17-25(33)27(28(24)34)29(37)35-26(30(38)42-19-20-9-6-5-7-10-20)16-21-11-8-12-23(15-21)44(4,40)41/h5-12,15,17,26H,13-14,16,18-19H2,1-4H3,(H,35,37)/t26-/m1/s1. The molecule has 0 fully saturated rings. The highest BCUT2D eigenvalue weighted by molar-refractivity contribution is 7.90. The summed E-state index contributed by atoms with van der Waals surface area (Å²) in [6.45, 7) is 5.87. The molecule has 1 aliphatic rings. The van der Waals surface area contributed by atoms with Crippen LogP contribution in [-0.4, -0.2) is 55.7 Å². The van der Waals surface area contributed by atoms with Gasteiger partial charge in [0.2, 0.25) is 0 Å². The number of sulfone groups is 1. The number of esters is 1. The van der Waals surface area contributed by atoms with Crippen molar-refractivity contribution in [1.29, 1.82) is 0 Å². The SMILES string of the molecule is CC(C)(C)OC(=O)N1CCc2c(cc(Cl)c(C(=O)N[C@H](Cc3cccc(S(C)(=O)=O)c3)C(=O)OCc3ccccc3)c2Cl)C1. The Kier molecular flexibility index (Phi) is 10.3. The van der Waals surface area contributed by atoms with Crippen LogP contribution in [0.1, 0.15) is 53.4 Å². The maximum Gasteiger partial charge on any atom is 0.410 e. The second kappa shape index (κ2) is 13.6. The summed E-state index contributed by atoms with van der Waals surface area (Å²) in [5.41, 5.74) is 1.95. The van der Waals surface area contributed by atoms with Gasteiger partial charge >= 0.3 is 12.1 Å². The van der Waals surface area contributed by atoms with Gasteiger partial charge in [0.05, 0.1) is 20.5 Å². The van der Waals surface area contributed by atoms with E-state index in [1.54, 1.807) is 56.0 Å².